The van der Waals surface area contributed by atoms with Crippen LogP contribution in [0.3, 0.4) is 0 Å². The maximum absolute atomic E-state index is 9.13. The van der Waals surface area contributed by atoms with Gasteiger partial charge in [0.25, 0.3) is 0 Å². The van der Waals surface area contributed by atoms with E-state index in [0.29, 0.717) is 11.7 Å². The van der Waals surface area contributed by atoms with Gasteiger partial charge in [-0.1, -0.05) is 12.1 Å². The van der Waals surface area contributed by atoms with Crippen molar-refractivity contribution in [3.63, 3.8) is 0 Å². The molecule has 2 atom stereocenters. The molecule has 2 rings (SSSR count). The van der Waals surface area contributed by atoms with Crippen LogP contribution in [0.15, 0.2) is 24.3 Å². The molecular formula is C10H13NOS. The minimum absolute atomic E-state index is 0.273. The molecule has 0 spiro atoms. The van der Waals surface area contributed by atoms with Crippen LogP contribution in [0.25, 0.3) is 0 Å². The lowest BCUT2D eigenvalue weighted by Gasteiger charge is -2.14. The molecule has 1 fully saturated rings. The van der Waals surface area contributed by atoms with Crippen molar-refractivity contribution < 1.29 is 5.11 Å². The van der Waals surface area contributed by atoms with Gasteiger partial charge in [-0.15, -0.1) is 0 Å². The zero-order chi connectivity index (χ0) is 9.26. The second kappa shape index (κ2) is 3.60. The first-order valence-corrected chi connectivity index (χ1v) is 5.55. The molecule has 1 saturated heterocycles. The molecule has 2 nitrogen and oxygen atoms in total. The molecule has 0 aliphatic carbocycles. The summed E-state index contributed by atoms with van der Waals surface area (Å²) in [5.41, 5.74) is 7.21. The fraction of sp³-hybridized carbons (Fsp3) is 0.400. The van der Waals surface area contributed by atoms with Gasteiger partial charge in [0.15, 0.2) is 0 Å². The summed E-state index contributed by atoms with van der Waals surface area (Å²) < 4.78 is 0. The zero-order valence-electron chi connectivity index (χ0n) is 7.31. The van der Waals surface area contributed by atoms with E-state index in [0.717, 1.165) is 11.5 Å². The summed E-state index contributed by atoms with van der Waals surface area (Å²) in [5, 5.41) is 9.13. The van der Waals surface area contributed by atoms with Crippen molar-refractivity contribution in [3.8, 4) is 5.75 Å². The minimum atomic E-state index is 0.273. The smallest absolute Gasteiger partial charge is 0.115 e. The molecule has 0 radical (unpaired) electrons. The summed E-state index contributed by atoms with van der Waals surface area (Å²) >= 11 is 1.90. The summed E-state index contributed by atoms with van der Waals surface area (Å²) in [6.45, 7) is 0. The van der Waals surface area contributed by atoms with E-state index in [-0.39, 0.29) is 6.04 Å². The molecular weight excluding hydrogens is 182 g/mol. The van der Waals surface area contributed by atoms with E-state index >= 15 is 0 Å². The van der Waals surface area contributed by atoms with Crippen LogP contribution in [-0.4, -0.2) is 22.7 Å². The standard InChI is InChI=1S/C10H13NOS/c11-10-6-13-5-9(10)7-1-3-8(12)4-2-7/h1-4,9-10,12H,5-6,11H2. The quantitative estimate of drug-likeness (QED) is 0.714. The largest absolute Gasteiger partial charge is 0.508 e. The Labute approximate surface area is 82.1 Å². The fourth-order valence-electron chi connectivity index (χ4n) is 1.64. The van der Waals surface area contributed by atoms with E-state index < -0.39 is 0 Å². The Morgan fingerprint density at radius 1 is 1.23 bits per heavy atom. The van der Waals surface area contributed by atoms with Gasteiger partial charge in [0.2, 0.25) is 0 Å². The Balaban J connectivity index is 2.20. The lowest BCUT2D eigenvalue weighted by Crippen LogP contribution is -2.26. The zero-order valence-corrected chi connectivity index (χ0v) is 8.13. The number of nitrogens with two attached hydrogens (primary N) is 1. The average Bonchev–Trinajstić information content (AvgIpc) is 2.53. The van der Waals surface area contributed by atoms with Crippen molar-refractivity contribution in [3.05, 3.63) is 29.8 Å². The number of hydrogen-bond donors (Lipinski definition) is 2. The third kappa shape index (κ3) is 1.81. The molecule has 1 aromatic carbocycles. The van der Waals surface area contributed by atoms with Crippen LogP contribution in [-0.2, 0) is 0 Å². The predicted molar refractivity (Wildman–Crippen MR) is 56.1 cm³/mol. The highest BCUT2D eigenvalue weighted by molar-refractivity contribution is 7.99. The molecule has 70 valence electrons. The number of rotatable bonds is 1. The van der Waals surface area contributed by atoms with Crippen LogP contribution in [0, 0.1) is 0 Å². The monoisotopic (exact) mass is 195 g/mol. The normalized spacial score (nSPS) is 27.8. The highest BCUT2D eigenvalue weighted by Gasteiger charge is 2.25. The Kier molecular flexibility index (Phi) is 2.47. The minimum Gasteiger partial charge on any atom is -0.508 e. The molecule has 1 aromatic rings. The maximum atomic E-state index is 9.13. The number of benzene rings is 1. The van der Waals surface area contributed by atoms with Gasteiger partial charge < -0.3 is 10.8 Å². The highest BCUT2D eigenvalue weighted by Crippen LogP contribution is 2.32. The van der Waals surface area contributed by atoms with Gasteiger partial charge in [0, 0.05) is 23.5 Å². The van der Waals surface area contributed by atoms with E-state index in [1.807, 2.05) is 23.9 Å². The lowest BCUT2D eigenvalue weighted by atomic mass is 9.95. The second-order valence-electron chi connectivity index (χ2n) is 3.40. The number of thioether (sulfide) groups is 1. The Bertz CT molecular complexity index is 285. The van der Waals surface area contributed by atoms with Gasteiger partial charge in [-0.05, 0) is 17.7 Å². The molecule has 1 aliphatic heterocycles. The number of phenols is 1. The van der Waals surface area contributed by atoms with Gasteiger partial charge >= 0.3 is 0 Å². The summed E-state index contributed by atoms with van der Waals surface area (Å²) in [5.74, 6) is 2.94. The van der Waals surface area contributed by atoms with Crippen molar-refractivity contribution in [1.29, 1.82) is 0 Å². The molecule has 0 aromatic heterocycles. The van der Waals surface area contributed by atoms with Crippen LogP contribution in [0.2, 0.25) is 0 Å². The molecule has 0 bridgehead atoms. The average molecular weight is 195 g/mol. The van der Waals surface area contributed by atoms with Crippen molar-refractivity contribution in [2.24, 2.45) is 5.73 Å². The van der Waals surface area contributed by atoms with Crippen LogP contribution in [0.1, 0.15) is 11.5 Å². The number of phenolic OH excluding ortho intramolecular Hbond substituents is 1. The van der Waals surface area contributed by atoms with E-state index in [9.17, 15) is 0 Å². The molecule has 1 aliphatic rings. The van der Waals surface area contributed by atoms with Crippen LogP contribution < -0.4 is 5.73 Å². The van der Waals surface area contributed by atoms with E-state index in [2.05, 4.69) is 0 Å². The molecule has 3 N–H and O–H groups in total. The molecule has 3 heteroatoms. The Morgan fingerprint density at radius 2 is 1.92 bits per heavy atom. The predicted octanol–water partition coefficient (Wildman–Crippen LogP) is 1.55. The van der Waals surface area contributed by atoms with Crippen molar-refractivity contribution in [1.82, 2.24) is 0 Å². The van der Waals surface area contributed by atoms with Gasteiger partial charge in [-0.3, -0.25) is 0 Å². The number of hydrogen-bond acceptors (Lipinski definition) is 3. The topological polar surface area (TPSA) is 46.2 Å². The Hall–Kier alpha value is -0.670. The molecule has 0 saturated carbocycles. The Morgan fingerprint density at radius 3 is 2.46 bits per heavy atom. The summed E-state index contributed by atoms with van der Waals surface area (Å²) in [6.07, 6.45) is 0. The molecule has 1 heterocycles. The van der Waals surface area contributed by atoms with E-state index in [1.54, 1.807) is 12.1 Å². The van der Waals surface area contributed by atoms with Gasteiger partial charge in [-0.25, -0.2) is 0 Å². The summed E-state index contributed by atoms with van der Waals surface area (Å²) in [4.78, 5) is 0. The van der Waals surface area contributed by atoms with E-state index in [4.69, 9.17) is 10.8 Å². The SMILES string of the molecule is NC1CSCC1c1ccc(O)cc1. The van der Waals surface area contributed by atoms with Crippen LogP contribution in [0.4, 0.5) is 0 Å². The lowest BCUT2D eigenvalue weighted by molar-refractivity contribution is 0.474. The third-order valence-corrected chi connectivity index (χ3v) is 3.66. The molecule has 2 unspecified atom stereocenters. The highest BCUT2D eigenvalue weighted by atomic mass is 32.2. The maximum Gasteiger partial charge on any atom is 0.115 e. The van der Waals surface area contributed by atoms with Crippen molar-refractivity contribution >= 4 is 11.8 Å². The summed E-state index contributed by atoms with van der Waals surface area (Å²) in [7, 11) is 0. The van der Waals surface area contributed by atoms with Gasteiger partial charge in [0.05, 0.1) is 0 Å². The second-order valence-corrected chi connectivity index (χ2v) is 4.47. The van der Waals surface area contributed by atoms with Crippen molar-refractivity contribution in [2.45, 2.75) is 12.0 Å². The number of aromatic hydroxyl groups is 1. The first kappa shape index (κ1) is 8.91. The third-order valence-electron chi connectivity index (χ3n) is 2.45. The van der Waals surface area contributed by atoms with Crippen LogP contribution in [0.5, 0.6) is 5.75 Å². The molecule has 13 heavy (non-hydrogen) atoms. The first-order chi connectivity index (χ1) is 6.27. The van der Waals surface area contributed by atoms with Crippen LogP contribution >= 0.6 is 11.8 Å². The van der Waals surface area contributed by atoms with E-state index in [1.165, 1.54) is 5.56 Å². The first-order valence-electron chi connectivity index (χ1n) is 4.39. The van der Waals surface area contributed by atoms with Gasteiger partial charge in [-0.2, -0.15) is 11.8 Å². The summed E-state index contributed by atoms with van der Waals surface area (Å²) in [6, 6.07) is 7.66. The molecule has 0 amide bonds. The van der Waals surface area contributed by atoms with Crippen molar-refractivity contribution in [2.75, 3.05) is 11.5 Å². The van der Waals surface area contributed by atoms with Gasteiger partial charge in [0.1, 0.15) is 5.75 Å². The fourth-order valence-corrected chi connectivity index (χ4v) is 2.97.